The van der Waals surface area contributed by atoms with E-state index in [0.717, 1.165) is 0 Å². The van der Waals surface area contributed by atoms with Crippen molar-refractivity contribution < 1.29 is 14.6 Å². The zero-order chi connectivity index (χ0) is 11.6. The number of amides is 1. The van der Waals surface area contributed by atoms with E-state index >= 15 is 0 Å². The van der Waals surface area contributed by atoms with Gasteiger partial charge in [-0.25, -0.2) is 4.79 Å². The Hall–Kier alpha value is -0.770. The van der Waals surface area contributed by atoms with E-state index in [2.05, 4.69) is 0 Å². The molecule has 2 atom stereocenters. The molecule has 0 aromatic carbocycles. The van der Waals surface area contributed by atoms with Gasteiger partial charge in [0.2, 0.25) is 0 Å². The maximum atomic E-state index is 11.7. The van der Waals surface area contributed by atoms with Crippen molar-refractivity contribution in [3.8, 4) is 0 Å². The predicted molar refractivity (Wildman–Crippen MR) is 57.6 cm³/mol. The van der Waals surface area contributed by atoms with Crippen molar-refractivity contribution in [3.05, 3.63) is 0 Å². The standard InChI is InChI=1S/C11H21NO3/c1-8-7-12(6-5-9(8)13)10(14)15-11(2,3)4/h8-9,13H,5-7H2,1-4H3/t8-,9-/m0/s1. The lowest BCUT2D eigenvalue weighted by molar-refractivity contribution is -0.00488. The van der Waals surface area contributed by atoms with E-state index in [-0.39, 0.29) is 18.1 Å². The summed E-state index contributed by atoms with van der Waals surface area (Å²) < 4.78 is 5.27. The van der Waals surface area contributed by atoms with Gasteiger partial charge in [0.1, 0.15) is 5.60 Å². The summed E-state index contributed by atoms with van der Waals surface area (Å²) in [4.78, 5) is 13.4. The molecule has 4 heteroatoms. The van der Waals surface area contributed by atoms with E-state index in [0.29, 0.717) is 19.5 Å². The summed E-state index contributed by atoms with van der Waals surface area (Å²) in [6.45, 7) is 8.67. The van der Waals surface area contributed by atoms with Gasteiger partial charge in [0, 0.05) is 13.1 Å². The summed E-state index contributed by atoms with van der Waals surface area (Å²) in [6.07, 6.45) is 0.0744. The second-order valence-corrected chi connectivity index (χ2v) is 5.26. The molecule has 0 unspecified atom stereocenters. The lowest BCUT2D eigenvalue weighted by atomic mass is 9.97. The molecule has 88 valence electrons. The van der Waals surface area contributed by atoms with Crippen molar-refractivity contribution in [3.63, 3.8) is 0 Å². The molecule has 1 amide bonds. The van der Waals surface area contributed by atoms with Gasteiger partial charge >= 0.3 is 6.09 Å². The summed E-state index contributed by atoms with van der Waals surface area (Å²) in [5, 5.41) is 9.53. The van der Waals surface area contributed by atoms with Gasteiger partial charge < -0.3 is 14.7 Å². The van der Waals surface area contributed by atoms with Crippen molar-refractivity contribution in [2.75, 3.05) is 13.1 Å². The first-order valence-corrected chi connectivity index (χ1v) is 5.45. The van der Waals surface area contributed by atoms with Gasteiger partial charge in [-0.1, -0.05) is 6.92 Å². The van der Waals surface area contributed by atoms with E-state index < -0.39 is 5.60 Å². The zero-order valence-electron chi connectivity index (χ0n) is 9.99. The van der Waals surface area contributed by atoms with Crippen LogP contribution in [0.1, 0.15) is 34.1 Å². The molecule has 0 aromatic heterocycles. The number of rotatable bonds is 0. The highest BCUT2D eigenvalue weighted by atomic mass is 16.6. The first kappa shape index (κ1) is 12.3. The van der Waals surface area contributed by atoms with Gasteiger partial charge in [-0.15, -0.1) is 0 Å². The summed E-state index contributed by atoms with van der Waals surface area (Å²) in [6, 6.07) is 0. The number of likely N-dealkylation sites (tertiary alicyclic amines) is 1. The maximum Gasteiger partial charge on any atom is 0.410 e. The van der Waals surface area contributed by atoms with E-state index in [1.807, 2.05) is 27.7 Å². The molecule has 0 aliphatic carbocycles. The van der Waals surface area contributed by atoms with Crippen molar-refractivity contribution in [1.82, 2.24) is 4.90 Å². The van der Waals surface area contributed by atoms with Crippen LogP contribution in [0.4, 0.5) is 4.79 Å². The van der Waals surface area contributed by atoms with Gasteiger partial charge in [-0.3, -0.25) is 0 Å². The number of piperidine rings is 1. The molecule has 1 fully saturated rings. The molecule has 0 aromatic rings. The summed E-state index contributed by atoms with van der Waals surface area (Å²) in [7, 11) is 0. The number of hydrogen-bond acceptors (Lipinski definition) is 3. The Kier molecular flexibility index (Phi) is 3.60. The predicted octanol–water partition coefficient (Wildman–Crippen LogP) is 1.62. The van der Waals surface area contributed by atoms with Crippen LogP contribution in [0.2, 0.25) is 0 Å². The lowest BCUT2D eigenvalue weighted by Crippen LogP contribution is -2.46. The minimum absolute atomic E-state index is 0.131. The molecular formula is C11H21NO3. The average molecular weight is 215 g/mol. The Morgan fingerprint density at radius 1 is 1.47 bits per heavy atom. The van der Waals surface area contributed by atoms with Crippen LogP contribution in [-0.4, -0.2) is 40.9 Å². The van der Waals surface area contributed by atoms with Crippen molar-refractivity contribution >= 4 is 6.09 Å². The van der Waals surface area contributed by atoms with Crippen LogP contribution < -0.4 is 0 Å². The highest BCUT2D eigenvalue weighted by molar-refractivity contribution is 5.68. The van der Waals surface area contributed by atoms with Gasteiger partial charge in [-0.05, 0) is 33.1 Å². The number of aliphatic hydroxyl groups is 1. The van der Waals surface area contributed by atoms with Gasteiger partial charge in [0.15, 0.2) is 0 Å². The summed E-state index contributed by atoms with van der Waals surface area (Å²) in [5.74, 6) is 0.131. The molecule has 0 radical (unpaired) electrons. The topological polar surface area (TPSA) is 49.8 Å². The Labute approximate surface area is 91.2 Å². The smallest absolute Gasteiger partial charge is 0.410 e. The zero-order valence-corrected chi connectivity index (χ0v) is 9.99. The van der Waals surface area contributed by atoms with E-state index in [1.54, 1.807) is 4.90 Å². The third kappa shape index (κ3) is 3.70. The molecule has 1 heterocycles. The highest BCUT2D eigenvalue weighted by Crippen LogP contribution is 2.19. The van der Waals surface area contributed by atoms with Crippen molar-refractivity contribution in [1.29, 1.82) is 0 Å². The summed E-state index contributed by atoms with van der Waals surface area (Å²) >= 11 is 0. The first-order chi connectivity index (χ1) is 6.79. The fourth-order valence-electron chi connectivity index (χ4n) is 1.63. The highest BCUT2D eigenvalue weighted by Gasteiger charge is 2.29. The monoisotopic (exact) mass is 215 g/mol. The van der Waals surface area contributed by atoms with E-state index in [4.69, 9.17) is 4.74 Å². The number of ether oxygens (including phenoxy) is 1. The normalized spacial score (nSPS) is 27.7. The molecule has 1 saturated heterocycles. The molecule has 1 aliphatic rings. The molecule has 0 bridgehead atoms. The SMILES string of the molecule is C[C@H]1CN(C(=O)OC(C)(C)C)CC[C@@H]1O. The molecule has 15 heavy (non-hydrogen) atoms. The molecular weight excluding hydrogens is 194 g/mol. The maximum absolute atomic E-state index is 11.7. The Morgan fingerprint density at radius 3 is 2.53 bits per heavy atom. The van der Waals surface area contributed by atoms with Crippen LogP contribution in [0.15, 0.2) is 0 Å². The Bertz CT molecular complexity index is 234. The Balaban J connectivity index is 2.48. The fraction of sp³-hybridized carbons (Fsp3) is 0.909. The molecule has 0 saturated carbocycles. The van der Waals surface area contributed by atoms with Crippen LogP contribution in [0.3, 0.4) is 0 Å². The third-order valence-corrected chi connectivity index (χ3v) is 2.51. The number of carbonyl (C=O) groups is 1. The quantitative estimate of drug-likeness (QED) is 0.668. The third-order valence-electron chi connectivity index (χ3n) is 2.51. The van der Waals surface area contributed by atoms with Crippen molar-refractivity contribution in [2.24, 2.45) is 5.92 Å². The number of carbonyl (C=O) groups excluding carboxylic acids is 1. The minimum Gasteiger partial charge on any atom is -0.444 e. The minimum atomic E-state index is -0.448. The fourth-order valence-corrected chi connectivity index (χ4v) is 1.63. The van der Waals surface area contributed by atoms with Gasteiger partial charge in [0.25, 0.3) is 0 Å². The Morgan fingerprint density at radius 2 is 2.07 bits per heavy atom. The van der Waals surface area contributed by atoms with Crippen LogP contribution in [0, 0.1) is 5.92 Å². The van der Waals surface area contributed by atoms with Crippen molar-refractivity contribution in [2.45, 2.75) is 45.8 Å². The van der Waals surface area contributed by atoms with Crippen LogP contribution in [0.5, 0.6) is 0 Å². The van der Waals surface area contributed by atoms with Crippen LogP contribution >= 0.6 is 0 Å². The van der Waals surface area contributed by atoms with Crippen LogP contribution in [-0.2, 0) is 4.74 Å². The van der Waals surface area contributed by atoms with E-state index in [1.165, 1.54) is 0 Å². The molecule has 1 rings (SSSR count). The largest absolute Gasteiger partial charge is 0.444 e. The molecule has 0 spiro atoms. The first-order valence-electron chi connectivity index (χ1n) is 5.45. The number of hydrogen-bond donors (Lipinski definition) is 1. The van der Waals surface area contributed by atoms with E-state index in [9.17, 15) is 9.90 Å². The number of nitrogens with zero attached hydrogens (tertiary/aromatic N) is 1. The molecule has 1 aliphatic heterocycles. The molecule has 1 N–H and O–H groups in total. The second-order valence-electron chi connectivity index (χ2n) is 5.26. The molecule has 4 nitrogen and oxygen atoms in total. The van der Waals surface area contributed by atoms with Gasteiger partial charge in [0.05, 0.1) is 6.10 Å². The average Bonchev–Trinajstić information content (AvgIpc) is 2.06. The second kappa shape index (κ2) is 4.39. The summed E-state index contributed by atoms with van der Waals surface area (Å²) in [5.41, 5.74) is -0.448. The number of aliphatic hydroxyl groups excluding tert-OH is 1. The van der Waals surface area contributed by atoms with Crippen LogP contribution in [0.25, 0.3) is 0 Å². The van der Waals surface area contributed by atoms with Gasteiger partial charge in [-0.2, -0.15) is 0 Å². The lowest BCUT2D eigenvalue weighted by Gasteiger charge is -2.35.